The first kappa shape index (κ1) is 21.2. The van der Waals surface area contributed by atoms with Crippen LogP contribution in [0.3, 0.4) is 0 Å². The van der Waals surface area contributed by atoms with Gasteiger partial charge in [-0.3, -0.25) is 9.69 Å². The van der Waals surface area contributed by atoms with Crippen LogP contribution in [0.5, 0.6) is 0 Å². The van der Waals surface area contributed by atoms with Crippen LogP contribution in [-0.4, -0.2) is 27.9 Å². The van der Waals surface area contributed by atoms with Gasteiger partial charge in [0.25, 0.3) is 5.91 Å². The number of hydrogen-bond donors (Lipinski definition) is 1. The van der Waals surface area contributed by atoms with Gasteiger partial charge in [-0.05, 0) is 38.7 Å². The van der Waals surface area contributed by atoms with Crippen LogP contribution in [0.15, 0.2) is 34.9 Å². The van der Waals surface area contributed by atoms with E-state index in [0.717, 1.165) is 13.0 Å². The van der Waals surface area contributed by atoms with Crippen molar-refractivity contribution in [3.63, 3.8) is 0 Å². The van der Waals surface area contributed by atoms with Crippen LogP contribution in [0.25, 0.3) is 0 Å². The Balaban J connectivity index is 2.12. The second-order valence-electron chi connectivity index (χ2n) is 7.79. The van der Waals surface area contributed by atoms with Gasteiger partial charge in [0.1, 0.15) is 6.26 Å². The summed E-state index contributed by atoms with van der Waals surface area (Å²) in [5.74, 6) is 0.892. The quantitative estimate of drug-likeness (QED) is 0.702. The van der Waals surface area contributed by atoms with E-state index in [1.165, 1.54) is 17.4 Å². The highest BCUT2D eigenvalue weighted by Gasteiger charge is 2.21. The Hall–Kier alpha value is -2.14. The van der Waals surface area contributed by atoms with Crippen molar-refractivity contribution in [2.75, 3.05) is 0 Å². The summed E-state index contributed by atoms with van der Waals surface area (Å²) in [6.45, 7) is 14.2. The number of nitrogens with zero attached hydrogens (tertiary/aromatic N) is 2. The number of rotatable bonds is 9. The van der Waals surface area contributed by atoms with E-state index in [1.54, 1.807) is 0 Å². The smallest absolute Gasteiger partial charge is 0.273 e. The highest BCUT2D eigenvalue weighted by atomic mass is 16.3. The lowest BCUT2D eigenvalue weighted by Gasteiger charge is -2.30. The molecule has 0 fully saturated rings. The van der Waals surface area contributed by atoms with Gasteiger partial charge in [-0.2, -0.15) is 0 Å². The van der Waals surface area contributed by atoms with Crippen molar-refractivity contribution in [3.8, 4) is 0 Å². The minimum absolute atomic E-state index is 0.122. The number of nitrogens with one attached hydrogen (secondary N) is 1. The van der Waals surface area contributed by atoms with Crippen molar-refractivity contribution < 1.29 is 9.21 Å². The molecule has 5 heteroatoms. The van der Waals surface area contributed by atoms with Gasteiger partial charge in [-0.1, -0.05) is 50.6 Å². The SMILES string of the molecule is CCC(C)NC(=O)c1coc(CN(Cc2cccc(C)c2)C(C)C(C)C)n1. The summed E-state index contributed by atoms with van der Waals surface area (Å²) in [4.78, 5) is 19.0. The molecule has 0 aliphatic heterocycles. The van der Waals surface area contributed by atoms with Gasteiger partial charge >= 0.3 is 0 Å². The molecule has 1 amide bonds. The van der Waals surface area contributed by atoms with Gasteiger partial charge in [0.05, 0.1) is 6.54 Å². The van der Waals surface area contributed by atoms with E-state index < -0.39 is 0 Å². The summed E-state index contributed by atoms with van der Waals surface area (Å²) in [7, 11) is 0. The third-order valence-corrected chi connectivity index (χ3v) is 5.12. The van der Waals surface area contributed by atoms with Gasteiger partial charge in [-0.25, -0.2) is 4.98 Å². The molecule has 0 saturated heterocycles. The predicted octanol–water partition coefficient (Wildman–Crippen LogP) is 4.56. The van der Waals surface area contributed by atoms with Gasteiger partial charge in [-0.15, -0.1) is 0 Å². The lowest BCUT2D eigenvalue weighted by molar-refractivity contribution is 0.0934. The number of aryl methyl sites for hydroxylation is 1. The molecule has 2 atom stereocenters. The molecule has 0 aliphatic carbocycles. The van der Waals surface area contributed by atoms with Gasteiger partial charge in [0, 0.05) is 18.6 Å². The van der Waals surface area contributed by atoms with Gasteiger partial charge < -0.3 is 9.73 Å². The third-order valence-electron chi connectivity index (χ3n) is 5.12. The largest absolute Gasteiger partial charge is 0.447 e. The average molecular weight is 372 g/mol. The van der Waals surface area contributed by atoms with Gasteiger partial charge in [0.2, 0.25) is 5.89 Å². The summed E-state index contributed by atoms with van der Waals surface area (Å²) >= 11 is 0. The van der Waals surface area contributed by atoms with E-state index in [9.17, 15) is 4.79 Å². The Morgan fingerprint density at radius 3 is 2.59 bits per heavy atom. The molecule has 0 aliphatic rings. The molecular formula is C22H33N3O2. The minimum atomic E-state index is -0.179. The second-order valence-corrected chi connectivity index (χ2v) is 7.79. The maximum Gasteiger partial charge on any atom is 0.273 e. The van der Waals surface area contributed by atoms with E-state index in [1.807, 2.05) is 13.8 Å². The number of oxazole rings is 1. The van der Waals surface area contributed by atoms with Crippen LogP contribution in [0.1, 0.15) is 68.5 Å². The monoisotopic (exact) mass is 371 g/mol. The van der Waals surface area contributed by atoms with E-state index in [0.29, 0.717) is 30.1 Å². The summed E-state index contributed by atoms with van der Waals surface area (Å²) in [5, 5.41) is 2.92. The summed E-state index contributed by atoms with van der Waals surface area (Å²) in [6.07, 6.45) is 2.34. The molecule has 1 N–H and O–H groups in total. The van der Waals surface area contributed by atoms with Crippen molar-refractivity contribution >= 4 is 5.91 Å². The van der Waals surface area contributed by atoms with Gasteiger partial charge in [0.15, 0.2) is 5.69 Å². The lowest BCUT2D eigenvalue weighted by atomic mass is 10.0. The van der Waals surface area contributed by atoms with E-state index in [4.69, 9.17) is 4.42 Å². The first-order valence-corrected chi connectivity index (χ1v) is 9.85. The molecule has 27 heavy (non-hydrogen) atoms. The summed E-state index contributed by atoms with van der Waals surface area (Å²) in [6, 6.07) is 9.03. The molecule has 0 radical (unpaired) electrons. The Morgan fingerprint density at radius 2 is 1.96 bits per heavy atom. The van der Waals surface area contributed by atoms with E-state index in [-0.39, 0.29) is 11.9 Å². The van der Waals surface area contributed by atoms with Crippen molar-refractivity contribution in [2.24, 2.45) is 5.92 Å². The highest BCUT2D eigenvalue weighted by molar-refractivity contribution is 5.92. The van der Waals surface area contributed by atoms with Crippen LogP contribution in [0, 0.1) is 12.8 Å². The van der Waals surface area contributed by atoms with Crippen LogP contribution >= 0.6 is 0 Å². The fraction of sp³-hybridized carbons (Fsp3) is 0.545. The molecule has 148 valence electrons. The summed E-state index contributed by atoms with van der Waals surface area (Å²) < 4.78 is 5.61. The fourth-order valence-corrected chi connectivity index (χ4v) is 2.87. The molecule has 2 unspecified atom stereocenters. The average Bonchev–Trinajstić information content (AvgIpc) is 3.09. The molecule has 0 bridgehead atoms. The van der Waals surface area contributed by atoms with Crippen LogP contribution in [0.4, 0.5) is 0 Å². The minimum Gasteiger partial charge on any atom is -0.447 e. The molecule has 1 heterocycles. The standard InChI is InChI=1S/C22H33N3O2/c1-7-17(5)23-22(26)20-14-27-21(24-20)13-25(18(6)15(2)3)12-19-10-8-9-16(4)11-19/h8-11,14-15,17-18H,7,12-13H2,1-6H3,(H,23,26). The van der Waals surface area contributed by atoms with Crippen LogP contribution < -0.4 is 5.32 Å². The third kappa shape index (κ3) is 6.21. The summed E-state index contributed by atoms with van der Waals surface area (Å²) in [5.41, 5.74) is 2.87. The maximum absolute atomic E-state index is 12.2. The molecule has 0 spiro atoms. The van der Waals surface area contributed by atoms with Crippen molar-refractivity contribution in [2.45, 2.75) is 73.1 Å². The number of aromatic nitrogens is 1. The predicted molar refractivity (Wildman–Crippen MR) is 108 cm³/mol. The maximum atomic E-state index is 12.2. The number of benzene rings is 1. The Morgan fingerprint density at radius 1 is 1.22 bits per heavy atom. The number of amides is 1. The van der Waals surface area contributed by atoms with Crippen molar-refractivity contribution in [3.05, 3.63) is 53.2 Å². The Bertz CT molecular complexity index is 739. The molecular weight excluding hydrogens is 338 g/mol. The molecule has 5 nitrogen and oxygen atoms in total. The fourth-order valence-electron chi connectivity index (χ4n) is 2.87. The number of carbonyl (C=O) groups is 1. The molecule has 1 aromatic heterocycles. The zero-order chi connectivity index (χ0) is 20.0. The van der Waals surface area contributed by atoms with Crippen molar-refractivity contribution in [1.29, 1.82) is 0 Å². The number of carbonyl (C=O) groups excluding carboxylic acids is 1. The first-order chi connectivity index (χ1) is 12.8. The lowest BCUT2D eigenvalue weighted by Crippen LogP contribution is -2.36. The zero-order valence-electron chi connectivity index (χ0n) is 17.5. The second kappa shape index (κ2) is 9.70. The molecule has 2 rings (SSSR count). The number of hydrogen-bond acceptors (Lipinski definition) is 4. The van der Waals surface area contributed by atoms with E-state index >= 15 is 0 Å². The topological polar surface area (TPSA) is 58.4 Å². The molecule has 1 aromatic carbocycles. The highest BCUT2D eigenvalue weighted by Crippen LogP contribution is 2.18. The van der Waals surface area contributed by atoms with Crippen LogP contribution in [-0.2, 0) is 13.1 Å². The Kier molecular flexibility index (Phi) is 7.60. The Labute approximate surface area is 163 Å². The first-order valence-electron chi connectivity index (χ1n) is 9.85. The van der Waals surface area contributed by atoms with Crippen LogP contribution in [0.2, 0.25) is 0 Å². The molecule has 0 saturated carbocycles. The molecule has 2 aromatic rings. The van der Waals surface area contributed by atoms with Crippen molar-refractivity contribution in [1.82, 2.24) is 15.2 Å². The normalized spacial score (nSPS) is 13.8. The van der Waals surface area contributed by atoms with E-state index in [2.05, 4.69) is 67.2 Å². The zero-order valence-corrected chi connectivity index (χ0v) is 17.5.